The molecule has 1 rings (SSSR count). The molecule has 0 bridgehead atoms. The zero-order valence-electron chi connectivity index (χ0n) is 19.1. The highest BCUT2D eigenvalue weighted by Crippen LogP contribution is 2.60. The molecule has 1 atom stereocenters. The van der Waals surface area contributed by atoms with Gasteiger partial charge in [0.1, 0.15) is 13.1 Å². The van der Waals surface area contributed by atoms with Gasteiger partial charge in [0.05, 0.1) is 19.8 Å². The first-order chi connectivity index (χ1) is 12.9. The topological polar surface area (TPSA) is 30.9 Å². The first kappa shape index (κ1) is 25.1. The van der Waals surface area contributed by atoms with Gasteiger partial charge in [0.2, 0.25) is 0 Å². The third kappa shape index (κ3) is 6.86. The zero-order chi connectivity index (χ0) is 21.6. The van der Waals surface area contributed by atoms with Gasteiger partial charge >= 0.3 is 0 Å². The molecule has 1 aromatic carbocycles. The Balaban J connectivity index is 3.27. The molecule has 28 heavy (non-hydrogen) atoms. The van der Waals surface area contributed by atoms with Crippen LogP contribution < -0.4 is 0 Å². The molecule has 0 spiro atoms. The van der Waals surface area contributed by atoms with E-state index in [1.165, 1.54) is 0 Å². The number of nitrogens with zero attached hydrogens (tertiary/aromatic N) is 1. The Kier molecular flexibility index (Phi) is 9.18. The smallest absolute Gasteiger partial charge is 0.137 e. The van der Waals surface area contributed by atoms with E-state index in [0.717, 1.165) is 11.1 Å². The molecule has 1 aromatic rings. The fourth-order valence-electron chi connectivity index (χ4n) is 3.24. The van der Waals surface area contributed by atoms with Gasteiger partial charge in [-0.05, 0) is 57.5 Å². The summed E-state index contributed by atoms with van der Waals surface area (Å²) in [6.07, 6.45) is 6.30. The molecule has 0 saturated heterocycles. The van der Waals surface area contributed by atoms with Crippen molar-refractivity contribution in [2.45, 2.75) is 73.3 Å². The van der Waals surface area contributed by atoms with Crippen molar-refractivity contribution < 1.29 is 13.9 Å². The van der Waals surface area contributed by atoms with E-state index in [-0.39, 0.29) is 16.7 Å². The van der Waals surface area contributed by atoms with Crippen LogP contribution in [-0.2, 0) is 20.5 Å². The number of hydrogen-bond acceptors (Lipinski definition) is 4. The summed E-state index contributed by atoms with van der Waals surface area (Å²) in [6.45, 7) is 22.4. The summed E-state index contributed by atoms with van der Waals surface area (Å²) in [5, 5.41) is 2.06. The van der Waals surface area contributed by atoms with Gasteiger partial charge in [0.15, 0.2) is 0 Å². The lowest BCUT2D eigenvalue weighted by Gasteiger charge is -2.50. The standard InChI is InChI=1S/C23H40NO3P/c1-11-19-14-16-20(17-15-19)18-25-24(23(7,8)9)21(22(4,5)6)28(10,26-12-2)27-13-3/h11,14-17,21H,1,10,12-13,18H2,2-9H3. The summed E-state index contributed by atoms with van der Waals surface area (Å²) >= 11 is 0. The van der Waals surface area contributed by atoms with Gasteiger partial charge in [-0.3, -0.25) is 4.84 Å². The minimum Gasteiger partial charge on any atom is -0.337 e. The van der Waals surface area contributed by atoms with E-state index in [9.17, 15) is 0 Å². The molecule has 0 N–H and O–H groups in total. The van der Waals surface area contributed by atoms with Gasteiger partial charge in [0, 0.05) is 5.54 Å². The molecule has 0 aliphatic heterocycles. The lowest BCUT2D eigenvalue weighted by atomic mass is 9.94. The van der Waals surface area contributed by atoms with Crippen molar-refractivity contribution in [3.63, 3.8) is 0 Å². The molecule has 0 aliphatic rings. The number of hydroxylamine groups is 2. The van der Waals surface area contributed by atoms with E-state index in [1.807, 2.05) is 32.1 Å². The van der Waals surface area contributed by atoms with Crippen LogP contribution in [0.5, 0.6) is 0 Å². The van der Waals surface area contributed by atoms with E-state index in [4.69, 9.17) is 13.9 Å². The maximum Gasteiger partial charge on any atom is 0.137 e. The average Bonchev–Trinajstić information content (AvgIpc) is 2.57. The highest BCUT2D eigenvalue weighted by molar-refractivity contribution is 7.65. The second-order valence-electron chi connectivity index (χ2n) is 9.02. The number of benzene rings is 1. The van der Waals surface area contributed by atoms with E-state index in [1.54, 1.807) is 0 Å². The Hall–Kier alpha value is -0.900. The van der Waals surface area contributed by atoms with E-state index in [0.29, 0.717) is 19.8 Å². The Bertz CT molecular complexity index is 646. The molecule has 4 nitrogen and oxygen atoms in total. The molecule has 0 aliphatic carbocycles. The summed E-state index contributed by atoms with van der Waals surface area (Å²) in [4.78, 5) is 6.43. The van der Waals surface area contributed by atoms with Gasteiger partial charge in [-0.15, -0.1) is 0 Å². The van der Waals surface area contributed by atoms with Crippen LogP contribution in [0.15, 0.2) is 30.8 Å². The zero-order valence-corrected chi connectivity index (χ0v) is 20.0. The first-order valence-electron chi connectivity index (χ1n) is 10.0. The van der Waals surface area contributed by atoms with Gasteiger partial charge in [-0.1, -0.05) is 57.7 Å². The van der Waals surface area contributed by atoms with Crippen molar-refractivity contribution in [2.24, 2.45) is 5.41 Å². The molecule has 0 amide bonds. The summed E-state index contributed by atoms with van der Waals surface area (Å²) in [5.74, 6) is -0.118. The third-order valence-corrected chi connectivity index (χ3v) is 7.43. The van der Waals surface area contributed by atoms with Crippen LogP contribution in [0.4, 0.5) is 0 Å². The fourth-order valence-corrected chi connectivity index (χ4v) is 6.39. The quantitative estimate of drug-likeness (QED) is 0.322. The lowest BCUT2D eigenvalue weighted by molar-refractivity contribution is -0.244. The molecule has 0 heterocycles. The molecule has 0 radical (unpaired) electrons. The van der Waals surface area contributed by atoms with Crippen molar-refractivity contribution >= 4 is 19.7 Å². The summed E-state index contributed by atoms with van der Waals surface area (Å²) in [6, 6.07) is 8.24. The second kappa shape index (κ2) is 10.2. The number of hydrogen-bond donors (Lipinski definition) is 0. The second-order valence-corrected chi connectivity index (χ2v) is 11.5. The van der Waals surface area contributed by atoms with E-state index < -0.39 is 7.34 Å². The summed E-state index contributed by atoms with van der Waals surface area (Å²) < 4.78 is 12.3. The Morgan fingerprint density at radius 2 is 1.50 bits per heavy atom. The monoisotopic (exact) mass is 409 g/mol. The Morgan fingerprint density at radius 1 is 1.00 bits per heavy atom. The van der Waals surface area contributed by atoms with Crippen LogP contribution in [0.2, 0.25) is 0 Å². The molecule has 0 fully saturated rings. The largest absolute Gasteiger partial charge is 0.337 e. The van der Waals surface area contributed by atoms with Crippen molar-refractivity contribution in [3.8, 4) is 0 Å². The molecule has 1 unspecified atom stereocenters. The average molecular weight is 410 g/mol. The number of rotatable bonds is 10. The predicted octanol–water partition coefficient (Wildman–Crippen LogP) is 6.59. The van der Waals surface area contributed by atoms with Crippen molar-refractivity contribution in [2.75, 3.05) is 13.2 Å². The predicted molar refractivity (Wildman–Crippen MR) is 123 cm³/mol. The summed E-state index contributed by atoms with van der Waals surface area (Å²) in [7, 11) is -2.45. The Labute approximate surface area is 173 Å². The summed E-state index contributed by atoms with van der Waals surface area (Å²) in [5.41, 5.74) is 1.79. The first-order valence-corrected chi connectivity index (χ1v) is 11.9. The van der Waals surface area contributed by atoms with Crippen LogP contribution in [0, 0.1) is 5.41 Å². The minimum atomic E-state index is -2.45. The normalized spacial score (nSPS) is 14.3. The molecular weight excluding hydrogens is 369 g/mol. The molecular formula is C23H40NO3P. The van der Waals surface area contributed by atoms with E-state index in [2.05, 4.69) is 71.6 Å². The lowest BCUT2D eigenvalue weighted by Crippen LogP contribution is -2.53. The molecule has 160 valence electrons. The van der Waals surface area contributed by atoms with Crippen molar-refractivity contribution in [1.82, 2.24) is 5.06 Å². The van der Waals surface area contributed by atoms with Crippen LogP contribution in [0.3, 0.4) is 0 Å². The van der Waals surface area contributed by atoms with Crippen LogP contribution in [0.1, 0.15) is 66.5 Å². The van der Waals surface area contributed by atoms with Crippen LogP contribution >= 0.6 is 7.34 Å². The third-order valence-electron chi connectivity index (χ3n) is 4.31. The maximum atomic E-state index is 6.43. The van der Waals surface area contributed by atoms with Crippen LogP contribution in [-0.4, -0.2) is 35.9 Å². The van der Waals surface area contributed by atoms with Gasteiger partial charge < -0.3 is 9.05 Å². The fraction of sp³-hybridized carbons (Fsp3) is 0.609. The van der Waals surface area contributed by atoms with Gasteiger partial charge in [0.25, 0.3) is 0 Å². The maximum absolute atomic E-state index is 6.43. The molecule has 0 saturated carbocycles. The highest BCUT2D eigenvalue weighted by atomic mass is 31.2. The minimum absolute atomic E-state index is 0.118. The van der Waals surface area contributed by atoms with Gasteiger partial charge in [-0.25, -0.2) is 0 Å². The molecule has 5 heteroatoms. The van der Waals surface area contributed by atoms with Gasteiger partial charge in [-0.2, -0.15) is 5.06 Å². The van der Waals surface area contributed by atoms with Crippen LogP contribution in [0.25, 0.3) is 6.08 Å². The SMILES string of the molecule is C=Cc1ccc(CON(C(C(C)(C)C)P(=C)(OCC)OCC)C(C)(C)C)cc1. The molecule has 0 aromatic heterocycles. The Morgan fingerprint density at radius 3 is 1.86 bits per heavy atom. The van der Waals surface area contributed by atoms with Crippen molar-refractivity contribution in [1.29, 1.82) is 0 Å². The highest BCUT2D eigenvalue weighted by Gasteiger charge is 2.46. The van der Waals surface area contributed by atoms with E-state index >= 15 is 0 Å². The van der Waals surface area contributed by atoms with Crippen molar-refractivity contribution in [3.05, 3.63) is 42.0 Å².